The van der Waals surface area contributed by atoms with Crippen LogP contribution in [-0.4, -0.2) is 30.6 Å². The summed E-state index contributed by atoms with van der Waals surface area (Å²) in [5, 5.41) is 3.47. The van der Waals surface area contributed by atoms with E-state index in [0.717, 1.165) is 12.6 Å². The Balaban J connectivity index is 1.61. The number of anilines is 1. The summed E-state index contributed by atoms with van der Waals surface area (Å²) in [6.45, 7) is 5.88. The highest BCUT2D eigenvalue weighted by molar-refractivity contribution is 5.42. The first kappa shape index (κ1) is 12.4. The van der Waals surface area contributed by atoms with Gasteiger partial charge in [0.25, 0.3) is 0 Å². The van der Waals surface area contributed by atoms with Crippen molar-refractivity contribution in [3.8, 4) is 0 Å². The Morgan fingerprint density at radius 2 is 1.94 bits per heavy atom. The number of para-hydroxylation sites is 1. The van der Waals surface area contributed by atoms with E-state index in [1.807, 2.05) is 0 Å². The topological polar surface area (TPSA) is 15.3 Å². The van der Waals surface area contributed by atoms with Crippen molar-refractivity contribution in [1.29, 1.82) is 0 Å². The van der Waals surface area contributed by atoms with Crippen molar-refractivity contribution < 1.29 is 0 Å². The average Bonchev–Trinajstić information content (AvgIpc) is 3.19. The standard InChI is InChI=1S/C15H24N2/c1-2-12-17(15-9-10-15)13-6-11-16-14-7-4-3-5-8-14/h3-5,7-8,15-16H,2,6,9-13H2,1H3. The van der Waals surface area contributed by atoms with Crippen molar-refractivity contribution in [2.75, 3.05) is 25.0 Å². The van der Waals surface area contributed by atoms with E-state index < -0.39 is 0 Å². The highest BCUT2D eigenvalue weighted by atomic mass is 15.2. The number of rotatable bonds is 8. The third-order valence-electron chi connectivity index (χ3n) is 3.30. The fraction of sp³-hybridized carbons (Fsp3) is 0.600. The molecule has 2 heteroatoms. The third kappa shape index (κ3) is 4.39. The number of nitrogens with zero attached hydrogens (tertiary/aromatic N) is 1. The second-order valence-corrected chi connectivity index (χ2v) is 4.91. The van der Waals surface area contributed by atoms with E-state index in [1.165, 1.54) is 44.5 Å². The SMILES string of the molecule is CCCN(CCCNc1ccccc1)C1CC1. The molecule has 0 spiro atoms. The van der Waals surface area contributed by atoms with Gasteiger partial charge in [-0.05, 0) is 44.4 Å². The molecule has 0 atom stereocenters. The molecular formula is C15H24N2. The van der Waals surface area contributed by atoms with Crippen LogP contribution >= 0.6 is 0 Å². The zero-order chi connectivity index (χ0) is 11.9. The molecule has 1 aromatic rings. The fourth-order valence-corrected chi connectivity index (χ4v) is 2.27. The van der Waals surface area contributed by atoms with Crippen molar-refractivity contribution in [2.24, 2.45) is 0 Å². The van der Waals surface area contributed by atoms with E-state index in [9.17, 15) is 0 Å². The zero-order valence-corrected chi connectivity index (χ0v) is 10.9. The van der Waals surface area contributed by atoms with Gasteiger partial charge in [-0.1, -0.05) is 25.1 Å². The summed E-state index contributed by atoms with van der Waals surface area (Å²) in [6.07, 6.45) is 5.37. The Morgan fingerprint density at radius 1 is 1.18 bits per heavy atom. The quantitative estimate of drug-likeness (QED) is 0.691. The first-order chi connectivity index (χ1) is 8.40. The molecule has 1 aliphatic carbocycles. The molecule has 2 rings (SSSR count). The molecule has 0 unspecified atom stereocenters. The minimum atomic E-state index is 0.909. The maximum atomic E-state index is 3.47. The predicted molar refractivity (Wildman–Crippen MR) is 74.4 cm³/mol. The van der Waals surface area contributed by atoms with E-state index in [1.54, 1.807) is 0 Å². The second kappa shape index (κ2) is 6.65. The number of hydrogen-bond acceptors (Lipinski definition) is 2. The Hall–Kier alpha value is -1.02. The molecule has 1 aliphatic rings. The van der Waals surface area contributed by atoms with E-state index >= 15 is 0 Å². The molecule has 2 nitrogen and oxygen atoms in total. The van der Waals surface area contributed by atoms with Crippen LogP contribution < -0.4 is 5.32 Å². The monoisotopic (exact) mass is 232 g/mol. The normalized spacial score (nSPS) is 15.2. The molecule has 1 saturated carbocycles. The molecular weight excluding hydrogens is 208 g/mol. The lowest BCUT2D eigenvalue weighted by Gasteiger charge is -2.21. The number of benzene rings is 1. The van der Waals surface area contributed by atoms with Gasteiger partial charge < -0.3 is 10.2 Å². The molecule has 0 saturated heterocycles. The van der Waals surface area contributed by atoms with Crippen LogP contribution in [-0.2, 0) is 0 Å². The van der Waals surface area contributed by atoms with Crippen LogP contribution in [0.1, 0.15) is 32.6 Å². The fourth-order valence-electron chi connectivity index (χ4n) is 2.27. The van der Waals surface area contributed by atoms with Gasteiger partial charge in [0.1, 0.15) is 0 Å². The minimum absolute atomic E-state index is 0.909. The summed E-state index contributed by atoms with van der Waals surface area (Å²) in [5.74, 6) is 0. The Labute approximate surface area is 105 Å². The van der Waals surface area contributed by atoms with Crippen LogP contribution in [0.15, 0.2) is 30.3 Å². The van der Waals surface area contributed by atoms with Gasteiger partial charge in [0.05, 0.1) is 0 Å². The molecule has 0 bridgehead atoms. The number of nitrogens with one attached hydrogen (secondary N) is 1. The Kier molecular flexibility index (Phi) is 4.87. The van der Waals surface area contributed by atoms with Gasteiger partial charge in [0, 0.05) is 24.8 Å². The van der Waals surface area contributed by atoms with Crippen LogP contribution in [0.3, 0.4) is 0 Å². The first-order valence-corrected chi connectivity index (χ1v) is 6.93. The lowest BCUT2D eigenvalue weighted by molar-refractivity contribution is 0.263. The summed E-state index contributed by atoms with van der Waals surface area (Å²) >= 11 is 0. The summed E-state index contributed by atoms with van der Waals surface area (Å²) in [7, 11) is 0. The van der Waals surface area contributed by atoms with Crippen molar-refractivity contribution in [2.45, 2.75) is 38.6 Å². The molecule has 0 radical (unpaired) electrons. The van der Waals surface area contributed by atoms with Gasteiger partial charge in [-0.2, -0.15) is 0 Å². The van der Waals surface area contributed by atoms with Gasteiger partial charge in [-0.15, -0.1) is 0 Å². The minimum Gasteiger partial charge on any atom is -0.385 e. The van der Waals surface area contributed by atoms with Gasteiger partial charge in [-0.25, -0.2) is 0 Å². The summed E-state index contributed by atoms with van der Waals surface area (Å²) < 4.78 is 0. The van der Waals surface area contributed by atoms with Crippen molar-refractivity contribution in [3.05, 3.63) is 30.3 Å². The molecule has 17 heavy (non-hydrogen) atoms. The van der Waals surface area contributed by atoms with Crippen LogP contribution in [0.4, 0.5) is 5.69 Å². The summed E-state index contributed by atoms with van der Waals surface area (Å²) in [4.78, 5) is 2.66. The van der Waals surface area contributed by atoms with Gasteiger partial charge >= 0.3 is 0 Å². The van der Waals surface area contributed by atoms with Crippen molar-refractivity contribution in [1.82, 2.24) is 4.90 Å². The highest BCUT2D eigenvalue weighted by Gasteiger charge is 2.27. The molecule has 94 valence electrons. The molecule has 0 aliphatic heterocycles. The predicted octanol–water partition coefficient (Wildman–Crippen LogP) is 3.36. The third-order valence-corrected chi connectivity index (χ3v) is 3.30. The summed E-state index contributed by atoms with van der Waals surface area (Å²) in [6, 6.07) is 11.4. The Bertz CT molecular complexity index is 306. The average molecular weight is 232 g/mol. The summed E-state index contributed by atoms with van der Waals surface area (Å²) in [5.41, 5.74) is 1.24. The molecule has 1 N–H and O–H groups in total. The lowest BCUT2D eigenvalue weighted by atomic mass is 10.3. The van der Waals surface area contributed by atoms with E-state index in [-0.39, 0.29) is 0 Å². The molecule has 0 aromatic heterocycles. The van der Waals surface area contributed by atoms with Crippen molar-refractivity contribution >= 4 is 5.69 Å². The van der Waals surface area contributed by atoms with Crippen LogP contribution in [0, 0.1) is 0 Å². The number of hydrogen-bond donors (Lipinski definition) is 1. The largest absolute Gasteiger partial charge is 0.385 e. The second-order valence-electron chi connectivity index (χ2n) is 4.91. The molecule has 1 aromatic carbocycles. The molecule has 0 heterocycles. The highest BCUT2D eigenvalue weighted by Crippen LogP contribution is 2.26. The van der Waals surface area contributed by atoms with E-state index in [0.29, 0.717) is 0 Å². The van der Waals surface area contributed by atoms with E-state index in [4.69, 9.17) is 0 Å². The molecule has 0 amide bonds. The Morgan fingerprint density at radius 3 is 2.59 bits per heavy atom. The lowest BCUT2D eigenvalue weighted by Crippen LogP contribution is -2.29. The first-order valence-electron chi connectivity index (χ1n) is 6.93. The van der Waals surface area contributed by atoms with Gasteiger partial charge in [-0.3, -0.25) is 0 Å². The van der Waals surface area contributed by atoms with Crippen LogP contribution in [0.5, 0.6) is 0 Å². The van der Waals surface area contributed by atoms with Crippen LogP contribution in [0.25, 0.3) is 0 Å². The molecule has 1 fully saturated rings. The van der Waals surface area contributed by atoms with Crippen molar-refractivity contribution in [3.63, 3.8) is 0 Å². The maximum Gasteiger partial charge on any atom is 0.0340 e. The van der Waals surface area contributed by atoms with Gasteiger partial charge in [0.2, 0.25) is 0 Å². The maximum absolute atomic E-state index is 3.47. The van der Waals surface area contributed by atoms with Gasteiger partial charge in [0.15, 0.2) is 0 Å². The van der Waals surface area contributed by atoms with E-state index in [2.05, 4.69) is 47.5 Å². The van der Waals surface area contributed by atoms with Crippen LogP contribution in [0.2, 0.25) is 0 Å². The smallest absolute Gasteiger partial charge is 0.0340 e. The zero-order valence-electron chi connectivity index (χ0n) is 10.9.